The van der Waals surface area contributed by atoms with Gasteiger partial charge in [0.05, 0.1) is 5.56 Å². The van der Waals surface area contributed by atoms with E-state index in [-0.39, 0.29) is 5.56 Å². The third-order valence-corrected chi connectivity index (χ3v) is 3.77. The minimum Gasteiger partial charge on any atom is -0.505 e. The average Bonchev–Trinajstić information content (AvgIpc) is 2.66. The van der Waals surface area contributed by atoms with Gasteiger partial charge in [0.25, 0.3) is 5.91 Å². The Hall–Kier alpha value is -3.42. The van der Waals surface area contributed by atoms with Crippen LogP contribution in [0.25, 0.3) is 11.1 Å². The Morgan fingerprint density at radius 1 is 0.815 bits per heavy atom. The molecule has 0 saturated heterocycles. The predicted octanol–water partition coefficient (Wildman–Crippen LogP) is 5.01. The smallest absolute Gasteiger partial charge is 0.255 e. The zero-order valence-electron chi connectivity index (χ0n) is 13.4. The Kier molecular flexibility index (Phi) is 4.81. The van der Waals surface area contributed by atoms with Crippen molar-refractivity contribution in [1.29, 1.82) is 0 Å². The van der Waals surface area contributed by atoms with E-state index < -0.39 is 57.6 Å². The molecule has 0 radical (unpaired) electrons. The summed E-state index contributed by atoms with van der Waals surface area (Å²) in [4.78, 5) is 12.0. The van der Waals surface area contributed by atoms with Crippen LogP contribution in [0.5, 0.6) is 5.75 Å². The molecule has 1 amide bonds. The summed E-state index contributed by atoms with van der Waals surface area (Å²) in [7, 11) is 0. The lowest BCUT2D eigenvalue weighted by molar-refractivity contribution is 0.102. The summed E-state index contributed by atoms with van der Waals surface area (Å²) in [6.45, 7) is 0. The van der Waals surface area contributed by atoms with Gasteiger partial charge < -0.3 is 10.4 Å². The second kappa shape index (κ2) is 7.06. The Morgan fingerprint density at radius 3 is 2.15 bits per heavy atom. The quantitative estimate of drug-likeness (QED) is 0.497. The summed E-state index contributed by atoms with van der Waals surface area (Å²) in [5.74, 6) is -9.91. The van der Waals surface area contributed by atoms with Crippen molar-refractivity contribution in [3.63, 3.8) is 0 Å². The summed E-state index contributed by atoms with van der Waals surface area (Å²) < 4.78 is 70.8. The largest absolute Gasteiger partial charge is 0.505 e. The molecule has 8 heteroatoms. The van der Waals surface area contributed by atoms with Crippen molar-refractivity contribution in [1.82, 2.24) is 0 Å². The molecule has 0 aromatic heterocycles. The maximum atomic E-state index is 14.4. The third kappa shape index (κ3) is 3.33. The first-order valence-electron chi connectivity index (χ1n) is 7.52. The Bertz CT molecular complexity index is 1040. The Labute approximate surface area is 149 Å². The number of halogens is 5. The van der Waals surface area contributed by atoms with Crippen LogP contribution in [0.3, 0.4) is 0 Å². The predicted molar refractivity (Wildman–Crippen MR) is 87.7 cm³/mol. The fourth-order valence-electron chi connectivity index (χ4n) is 2.46. The Morgan fingerprint density at radius 2 is 1.48 bits per heavy atom. The molecular weight excluding hydrogens is 369 g/mol. The van der Waals surface area contributed by atoms with Crippen molar-refractivity contribution in [3.05, 3.63) is 83.2 Å². The number of anilines is 1. The molecule has 0 fully saturated rings. The molecular formula is C19H10F5NO2. The van der Waals surface area contributed by atoms with E-state index in [1.165, 1.54) is 24.3 Å². The third-order valence-electron chi connectivity index (χ3n) is 3.77. The van der Waals surface area contributed by atoms with Crippen molar-refractivity contribution in [2.45, 2.75) is 0 Å². The normalized spacial score (nSPS) is 10.7. The second-order valence-corrected chi connectivity index (χ2v) is 5.48. The van der Waals surface area contributed by atoms with Gasteiger partial charge in [0.1, 0.15) is 11.5 Å². The summed E-state index contributed by atoms with van der Waals surface area (Å²) in [6.07, 6.45) is 0. The topological polar surface area (TPSA) is 49.3 Å². The van der Waals surface area contributed by atoms with Gasteiger partial charge in [0.15, 0.2) is 29.0 Å². The molecule has 3 rings (SSSR count). The number of hydrogen-bond acceptors (Lipinski definition) is 2. The zero-order chi connectivity index (χ0) is 19.7. The van der Waals surface area contributed by atoms with Crippen LogP contribution in [-0.2, 0) is 0 Å². The number of phenols is 1. The van der Waals surface area contributed by atoms with E-state index in [4.69, 9.17) is 0 Å². The summed E-state index contributed by atoms with van der Waals surface area (Å²) >= 11 is 0. The van der Waals surface area contributed by atoms with Gasteiger partial charge in [-0.25, -0.2) is 22.0 Å². The van der Waals surface area contributed by atoms with Crippen molar-refractivity contribution in [2.75, 3.05) is 5.32 Å². The monoisotopic (exact) mass is 379 g/mol. The number of aromatic hydroxyl groups is 1. The number of nitrogens with one attached hydrogen (secondary N) is 1. The van der Waals surface area contributed by atoms with Gasteiger partial charge in [-0.3, -0.25) is 4.79 Å². The van der Waals surface area contributed by atoms with Crippen LogP contribution in [0.2, 0.25) is 0 Å². The SMILES string of the molecule is O=C(Nc1c(F)cc(-c2c(F)ccc(O)c2F)c(F)c1F)c1ccccc1. The maximum absolute atomic E-state index is 14.4. The minimum absolute atomic E-state index is 0.0610. The highest BCUT2D eigenvalue weighted by Gasteiger charge is 2.26. The maximum Gasteiger partial charge on any atom is 0.255 e. The number of amides is 1. The van der Waals surface area contributed by atoms with Crippen LogP contribution in [0.1, 0.15) is 10.4 Å². The van der Waals surface area contributed by atoms with Crippen molar-refractivity contribution < 1.29 is 31.9 Å². The highest BCUT2D eigenvalue weighted by atomic mass is 19.2. The molecule has 0 atom stereocenters. The molecule has 0 bridgehead atoms. The van der Waals surface area contributed by atoms with Crippen molar-refractivity contribution >= 4 is 11.6 Å². The minimum atomic E-state index is -1.84. The molecule has 0 aliphatic heterocycles. The highest BCUT2D eigenvalue weighted by molar-refractivity contribution is 6.04. The van der Waals surface area contributed by atoms with E-state index in [2.05, 4.69) is 0 Å². The number of carbonyl (C=O) groups is 1. The lowest BCUT2D eigenvalue weighted by Crippen LogP contribution is -2.15. The first kappa shape index (κ1) is 18.4. The fraction of sp³-hybridized carbons (Fsp3) is 0. The summed E-state index contributed by atoms with van der Waals surface area (Å²) in [6, 6.07) is 9.00. The molecule has 2 N–H and O–H groups in total. The number of hydrogen-bond donors (Lipinski definition) is 2. The van der Waals surface area contributed by atoms with Crippen LogP contribution in [0.15, 0.2) is 48.5 Å². The van der Waals surface area contributed by atoms with Crippen molar-refractivity contribution in [2.24, 2.45) is 0 Å². The molecule has 3 aromatic carbocycles. The first-order chi connectivity index (χ1) is 12.8. The van der Waals surface area contributed by atoms with Gasteiger partial charge >= 0.3 is 0 Å². The number of benzene rings is 3. The van der Waals surface area contributed by atoms with Gasteiger partial charge in [-0.2, -0.15) is 0 Å². The van der Waals surface area contributed by atoms with E-state index in [1.807, 2.05) is 5.32 Å². The lowest BCUT2D eigenvalue weighted by atomic mass is 10.0. The number of carbonyl (C=O) groups excluding carboxylic acids is 1. The van der Waals surface area contributed by atoms with E-state index >= 15 is 0 Å². The van der Waals surface area contributed by atoms with Crippen LogP contribution < -0.4 is 5.32 Å². The molecule has 0 spiro atoms. The van der Waals surface area contributed by atoms with Crippen LogP contribution in [0.4, 0.5) is 27.6 Å². The van der Waals surface area contributed by atoms with Gasteiger partial charge in [0, 0.05) is 11.1 Å². The number of rotatable bonds is 3. The van der Waals surface area contributed by atoms with Gasteiger partial charge in [-0.05, 0) is 30.3 Å². The fourth-order valence-corrected chi connectivity index (χ4v) is 2.46. The molecule has 0 aliphatic rings. The van der Waals surface area contributed by atoms with Crippen LogP contribution in [0, 0.1) is 29.1 Å². The summed E-state index contributed by atoms with van der Waals surface area (Å²) in [5.41, 5.74) is -3.25. The van der Waals surface area contributed by atoms with Crippen LogP contribution >= 0.6 is 0 Å². The Balaban J connectivity index is 2.08. The molecule has 0 heterocycles. The van der Waals surface area contributed by atoms with Crippen LogP contribution in [-0.4, -0.2) is 11.0 Å². The van der Waals surface area contributed by atoms with E-state index in [0.717, 1.165) is 0 Å². The van der Waals surface area contributed by atoms with Gasteiger partial charge in [0.2, 0.25) is 0 Å². The van der Waals surface area contributed by atoms with Crippen molar-refractivity contribution in [3.8, 4) is 16.9 Å². The lowest BCUT2D eigenvalue weighted by Gasteiger charge is -2.13. The van der Waals surface area contributed by atoms with E-state index in [1.54, 1.807) is 6.07 Å². The second-order valence-electron chi connectivity index (χ2n) is 5.48. The van der Waals surface area contributed by atoms with E-state index in [9.17, 15) is 31.9 Å². The highest BCUT2D eigenvalue weighted by Crippen LogP contribution is 2.36. The molecule has 0 aliphatic carbocycles. The molecule has 0 saturated carbocycles. The summed E-state index contributed by atoms with van der Waals surface area (Å²) in [5, 5.41) is 11.2. The van der Waals surface area contributed by atoms with Gasteiger partial charge in [-0.15, -0.1) is 0 Å². The first-order valence-corrected chi connectivity index (χ1v) is 7.52. The van der Waals surface area contributed by atoms with E-state index in [0.29, 0.717) is 18.2 Å². The molecule has 138 valence electrons. The average molecular weight is 379 g/mol. The molecule has 3 aromatic rings. The number of phenolic OH excluding ortho intramolecular Hbond substituents is 1. The van der Waals surface area contributed by atoms with Gasteiger partial charge in [-0.1, -0.05) is 18.2 Å². The standard InChI is InChI=1S/C19H10F5NO2/c20-11-6-7-13(26)16(23)14(11)10-8-12(21)18(17(24)15(10)22)25-19(27)9-4-2-1-3-5-9/h1-8,26H,(H,25,27). The molecule has 0 unspecified atom stereocenters. The molecule has 3 nitrogen and oxygen atoms in total. The zero-order valence-corrected chi connectivity index (χ0v) is 13.4. The molecule has 27 heavy (non-hydrogen) atoms.